The second-order valence-electron chi connectivity index (χ2n) is 7.10. The van der Waals surface area contributed by atoms with Crippen molar-refractivity contribution < 1.29 is 9.59 Å². The van der Waals surface area contributed by atoms with Crippen LogP contribution in [0.3, 0.4) is 0 Å². The third-order valence-electron chi connectivity index (χ3n) is 4.92. The molecule has 4 heterocycles. The van der Waals surface area contributed by atoms with Gasteiger partial charge in [0.15, 0.2) is 0 Å². The van der Waals surface area contributed by atoms with Gasteiger partial charge in [0.2, 0.25) is 22.9 Å². The van der Waals surface area contributed by atoms with E-state index in [2.05, 4.69) is 30.3 Å². The second kappa shape index (κ2) is 7.22. The summed E-state index contributed by atoms with van der Waals surface area (Å²) >= 11 is 1.43. The summed E-state index contributed by atoms with van der Waals surface area (Å²) in [7, 11) is 0. The Morgan fingerprint density at radius 2 is 2.04 bits per heavy atom. The predicted octanol–water partition coefficient (Wildman–Crippen LogP) is 0.481. The normalized spacial score (nSPS) is 20.8. The van der Waals surface area contributed by atoms with Gasteiger partial charge in [-0.2, -0.15) is 10.1 Å². The molecule has 10 nitrogen and oxygen atoms in total. The molecule has 2 amide bonds. The Morgan fingerprint density at radius 3 is 2.67 bits per heavy atom. The molecular formula is C16H22N8O2S. The van der Waals surface area contributed by atoms with Crippen LogP contribution in [0.5, 0.6) is 0 Å². The zero-order valence-electron chi connectivity index (χ0n) is 15.3. The molecule has 2 aromatic rings. The first kappa shape index (κ1) is 17.8. The number of nitrogens with zero attached hydrogens (tertiary/aromatic N) is 7. The molecule has 0 aliphatic carbocycles. The van der Waals surface area contributed by atoms with Crippen LogP contribution in [0.4, 0.5) is 11.1 Å². The van der Waals surface area contributed by atoms with Crippen LogP contribution in [0.25, 0.3) is 0 Å². The fourth-order valence-corrected chi connectivity index (χ4v) is 4.25. The van der Waals surface area contributed by atoms with Crippen LogP contribution < -0.4 is 9.80 Å². The van der Waals surface area contributed by atoms with Crippen molar-refractivity contribution in [2.75, 3.05) is 42.5 Å². The smallest absolute Gasteiger partial charge is 0.229 e. The summed E-state index contributed by atoms with van der Waals surface area (Å²) in [6.45, 7) is 7.08. The van der Waals surface area contributed by atoms with Gasteiger partial charge in [0.05, 0.1) is 5.92 Å². The number of carbonyl (C=O) groups is 2. The Labute approximate surface area is 160 Å². The monoisotopic (exact) mass is 390 g/mol. The lowest BCUT2D eigenvalue weighted by Gasteiger charge is -2.35. The molecular weight excluding hydrogens is 368 g/mol. The number of nitrogens with one attached hydrogen (secondary N) is 1. The fourth-order valence-electron chi connectivity index (χ4n) is 3.37. The summed E-state index contributed by atoms with van der Waals surface area (Å²) < 4.78 is 0. The molecule has 4 rings (SSSR count). The Kier molecular flexibility index (Phi) is 4.77. The van der Waals surface area contributed by atoms with Crippen molar-refractivity contribution in [2.45, 2.75) is 26.2 Å². The molecule has 0 aromatic carbocycles. The van der Waals surface area contributed by atoms with Gasteiger partial charge >= 0.3 is 0 Å². The summed E-state index contributed by atoms with van der Waals surface area (Å²) in [5.74, 6) is 0.658. The molecule has 27 heavy (non-hydrogen) atoms. The van der Waals surface area contributed by atoms with Gasteiger partial charge in [0.1, 0.15) is 11.3 Å². The SMILES string of the molecule is CC(C)c1nnc(N2CC(C(=O)N3CCN(c4ncn[nH]4)CC3)CC2=O)s1. The third-order valence-corrected chi connectivity index (χ3v) is 6.17. The third kappa shape index (κ3) is 3.51. The van der Waals surface area contributed by atoms with Crippen LogP contribution in [0.2, 0.25) is 0 Å². The van der Waals surface area contributed by atoms with E-state index in [0.29, 0.717) is 37.9 Å². The minimum Gasteiger partial charge on any atom is -0.339 e. The van der Waals surface area contributed by atoms with Crippen LogP contribution >= 0.6 is 11.3 Å². The average molecular weight is 390 g/mol. The van der Waals surface area contributed by atoms with Crippen LogP contribution in [0, 0.1) is 5.92 Å². The first-order valence-electron chi connectivity index (χ1n) is 9.05. The maximum absolute atomic E-state index is 12.9. The van der Waals surface area contributed by atoms with E-state index < -0.39 is 0 Å². The van der Waals surface area contributed by atoms with Crippen molar-refractivity contribution >= 4 is 34.2 Å². The van der Waals surface area contributed by atoms with Gasteiger partial charge in [-0.25, -0.2) is 5.10 Å². The van der Waals surface area contributed by atoms with Gasteiger partial charge < -0.3 is 9.80 Å². The number of amides is 2. The molecule has 0 bridgehead atoms. The number of H-pyrrole nitrogens is 1. The molecule has 144 valence electrons. The molecule has 0 spiro atoms. The van der Waals surface area contributed by atoms with Gasteiger partial charge in [-0.3, -0.25) is 14.5 Å². The van der Waals surface area contributed by atoms with Gasteiger partial charge in [-0.1, -0.05) is 25.2 Å². The largest absolute Gasteiger partial charge is 0.339 e. The molecule has 0 radical (unpaired) electrons. The van der Waals surface area contributed by atoms with E-state index in [9.17, 15) is 9.59 Å². The van der Waals surface area contributed by atoms with Gasteiger partial charge in [-0.05, 0) is 0 Å². The van der Waals surface area contributed by atoms with Crippen LogP contribution in [-0.2, 0) is 9.59 Å². The molecule has 2 aliphatic heterocycles. The van der Waals surface area contributed by atoms with E-state index in [4.69, 9.17) is 0 Å². The highest BCUT2D eigenvalue weighted by Gasteiger charge is 2.39. The van der Waals surface area contributed by atoms with Gasteiger partial charge in [0, 0.05) is 45.1 Å². The summed E-state index contributed by atoms with van der Waals surface area (Å²) in [4.78, 5) is 35.0. The number of aromatic nitrogens is 5. The summed E-state index contributed by atoms with van der Waals surface area (Å²) in [5, 5.41) is 16.5. The summed E-state index contributed by atoms with van der Waals surface area (Å²) in [5.41, 5.74) is 0. The molecule has 1 atom stereocenters. The number of anilines is 2. The first-order valence-corrected chi connectivity index (χ1v) is 9.87. The number of carbonyl (C=O) groups excluding carboxylic acids is 2. The number of hydrogen-bond acceptors (Lipinski definition) is 8. The zero-order chi connectivity index (χ0) is 19.0. The molecule has 2 aliphatic rings. The van der Waals surface area contributed by atoms with E-state index in [1.807, 2.05) is 18.7 Å². The van der Waals surface area contributed by atoms with Crippen molar-refractivity contribution in [1.82, 2.24) is 30.3 Å². The highest BCUT2D eigenvalue weighted by atomic mass is 32.1. The molecule has 0 saturated carbocycles. The van der Waals surface area contributed by atoms with E-state index in [1.165, 1.54) is 17.7 Å². The van der Waals surface area contributed by atoms with Crippen molar-refractivity contribution in [3.63, 3.8) is 0 Å². The van der Waals surface area contributed by atoms with Crippen molar-refractivity contribution in [3.8, 4) is 0 Å². The minimum atomic E-state index is -0.319. The Balaban J connectivity index is 1.36. The molecule has 2 aromatic heterocycles. The van der Waals surface area contributed by atoms with Crippen LogP contribution in [-0.4, -0.2) is 74.8 Å². The number of rotatable bonds is 4. The van der Waals surface area contributed by atoms with Crippen LogP contribution in [0.15, 0.2) is 6.33 Å². The molecule has 11 heteroatoms. The van der Waals surface area contributed by atoms with Crippen LogP contribution in [0.1, 0.15) is 31.2 Å². The highest BCUT2D eigenvalue weighted by Crippen LogP contribution is 2.31. The Bertz CT molecular complexity index is 812. The van der Waals surface area contributed by atoms with E-state index >= 15 is 0 Å². The van der Waals surface area contributed by atoms with E-state index in [-0.39, 0.29) is 30.1 Å². The molecule has 2 saturated heterocycles. The molecule has 1 unspecified atom stereocenters. The fraction of sp³-hybridized carbons (Fsp3) is 0.625. The molecule has 1 N–H and O–H groups in total. The maximum atomic E-state index is 12.9. The summed E-state index contributed by atoms with van der Waals surface area (Å²) in [6, 6.07) is 0. The predicted molar refractivity (Wildman–Crippen MR) is 99.6 cm³/mol. The maximum Gasteiger partial charge on any atom is 0.229 e. The van der Waals surface area contributed by atoms with Gasteiger partial charge in [0.25, 0.3) is 0 Å². The number of aromatic amines is 1. The summed E-state index contributed by atoms with van der Waals surface area (Å²) in [6.07, 6.45) is 1.71. The lowest BCUT2D eigenvalue weighted by Crippen LogP contribution is -2.51. The van der Waals surface area contributed by atoms with Crippen molar-refractivity contribution in [1.29, 1.82) is 0 Å². The Hall–Kier alpha value is -2.56. The van der Waals surface area contributed by atoms with Crippen molar-refractivity contribution in [3.05, 3.63) is 11.3 Å². The number of hydrogen-bond donors (Lipinski definition) is 1. The quantitative estimate of drug-likeness (QED) is 0.808. The lowest BCUT2D eigenvalue weighted by atomic mass is 10.1. The molecule has 2 fully saturated rings. The lowest BCUT2D eigenvalue weighted by molar-refractivity contribution is -0.136. The first-order chi connectivity index (χ1) is 13.0. The highest BCUT2D eigenvalue weighted by molar-refractivity contribution is 7.15. The van der Waals surface area contributed by atoms with E-state index in [1.54, 1.807) is 4.90 Å². The zero-order valence-corrected chi connectivity index (χ0v) is 16.1. The average Bonchev–Trinajstić information content (AvgIpc) is 3.41. The van der Waals surface area contributed by atoms with E-state index in [0.717, 1.165) is 11.0 Å². The topological polar surface area (TPSA) is 111 Å². The van der Waals surface area contributed by atoms with Crippen molar-refractivity contribution in [2.24, 2.45) is 5.92 Å². The Morgan fingerprint density at radius 1 is 1.26 bits per heavy atom. The second-order valence-corrected chi connectivity index (χ2v) is 8.09. The standard InChI is InChI=1S/C16H22N8O2S/c1-10(2)13-19-21-16(27-13)24-8-11(7-12(24)25)14(26)22-3-5-23(6-4-22)15-17-9-18-20-15/h9-11H,3-8H2,1-2H3,(H,17,18,20). The van der Waals surface area contributed by atoms with Gasteiger partial charge in [-0.15, -0.1) is 10.2 Å². The minimum absolute atomic E-state index is 0.0386. The number of piperazine rings is 1.